The number of nitrogens with two attached hydrogens (primary N) is 1. The van der Waals surface area contributed by atoms with Gasteiger partial charge in [-0.15, -0.1) is 0 Å². The highest BCUT2D eigenvalue weighted by molar-refractivity contribution is 9.10. The van der Waals surface area contributed by atoms with Crippen LogP contribution in [0.15, 0.2) is 28.7 Å². The van der Waals surface area contributed by atoms with Crippen LogP contribution in [0.2, 0.25) is 0 Å². The van der Waals surface area contributed by atoms with Crippen molar-refractivity contribution in [2.45, 2.75) is 6.42 Å². The van der Waals surface area contributed by atoms with Crippen molar-refractivity contribution in [2.75, 3.05) is 12.3 Å². The van der Waals surface area contributed by atoms with E-state index in [0.717, 1.165) is 21.1 Å². The number of carbonyl (C=O) groups excluding carboxylic acids is 1. The summed E-state index contributed by atoms with van der Waals surface area (Å²) in [7, 11) is 0. The molecule has 1 heterocycles. The molecule has 1 aromatic carbocycles. The van der Waals surface area contributed by atoms with Crippen LogP contribution >= 0.6 is 15.9 Å². The van der Waals surface area contributed by atoms with Gasteiger partial charge in [0.1, 0.15) is 0 Å². The van der Waals surface area contributed by atoms with Gasteiger partial charge in [0.2, 0.25) is 0 Å². The van der Waals surface area contributed by atoms with Gasteiger partial charge < -0.3 is 10.5 Å². The molecular weight excluding hydrogens is 284 g/mol. The minimum atomic E-state index is 0.292. The van der Waals surface area contributed by atoms with Gasteiger partial charge in [-0.3, -0.25) is 9.78 Å². The second-order valence-electron chi connectivity index (χ2n) is 3.58. The molecule has 0 aliphatic carbocycles. The Hall–Kier alpha value is -1.62. The predicted octanol–water partition coefficient (Wildman–Crippen LogP) is 2.29. The number of nitrogens with zero attached hydrogens (tertiary/aromatic N) is 1. The monoisotopic (exact) mass is 294 g/mol. The second kappa shape index (κ2) is 5.14. The summed E-state index contributed by atoms with van der Waals surface area (Å²) in [6.07, 6.45) is 0.521. The molecule has 2 aromatic rings. The first-order valence-electron chi connectivity index (χ1n) is 5.10. The lowest BCUT2D eigenvalue weighted by Gasteiger charge is -2.06. The van der Waals surface area contributed by atoms with Crippen LogP contribution in [0.1, 0.15) is 5.69 Å². The summed E-state index contributed by atoms with van der Waals surface area (Å²) in [5.41, 5.74) is 8.13. The number of pyridine rings is 1. The van der Waals surface area contributed by atoms with Crippen LogP contribution < -0.4 is 5.73 Å². The first-order chi connectivity index (χ1) is 8.20. The fourth-order valence-corrected chi connectivity index (χ4v) is 1.95. The Labute approximate surface area is 107 Å². The summed E-state index contributed by atoms with van der Waals surface area (Å²) in [4.78, 5) is 14.5. The number of fused-ring (bicyclic) bond motifs is 1. The predicted molar refractivity (Wildman–Crippen MR) is 69.6 cm³/mol. The zero-order valence-corrected chi connectivity index (χ0v) is 10.6. The Balaban J connectivity index is 2.35. The summed E-state index contributed by atoms with van der Waals surface area (Å²) in [5.74, 6) is 0. The van der Waals surface area contributed by atoms with E-state index in [4.69, 9.17) is 5.73 Å². The lowest BCUT2D eigenvalue weighted by molar-refractivity contribution is -0.128. The summed E-state index contributed by atoms with van der Waals surface area (Å²) in [5, 5.41) is 0.991. The smallest absolute Gasteiger partial charge is 0.293 e. The molecule has 2 N–H and O–H groups in total. The van der Waals surface area contributed by atoms with E-state index in [-0.39, 0.29) is 0 Å². The normalized spacial score (nSPS) is 10.4. The molecular formula is C12H11BrN2O2. The van der Waals surface area contributed by atoms with Crippen molar-refractivity contribution in [3.63, 3.8) is 0 Å². The van der Waals surface area contributed by atoms with Gasteiger partial charge in [-0.2, -0.15) is 0 Å². The number of halogens is 1. The van der Waals surface area contributed by atoms with Crippen LogP contribution in [0.5, 0.6) is 0 Å². The number of carbonyl (C=O) groups is 1. The molecule has 0 unspecified atom stereocenters. The maximum absolute atomic E-state index is 10.1. The number of ether oxygens (including phenoxy) is 1. The average Bonchev–Trinajstić information content (AvgIpc) is 2.31. The topological polar surface area (TPSA) is 65.2 Å². The van der Waals surface area contributed by atoms with Gasteiger partial charge in [0.05, 0.1) is 23.5 Å². The molecule has 4 nitrogen and oxygen atoms in total. The highest BCUT2D eigenvalue weighted by Gasteiger charge is 2.05. The van der Waals surface area contributed by atoms with E-state index >= 15 is 0 Å². The van der Waals surface area contributed by atoms with E-state index in [1.807, 2.05) is 24.3 Å². The van der Waals surface area contributed by atoms with Gasteiger partial charge in [-0.25, -0.2) is 0 Å². The van der Waals surface area contributed by atoms with Crippen molar-refractivity contribution in [3.05, 3.63) is 34.4 Å². The van der Waals surface area contributed by atoms with Crippen LogP contribution in [0.3, 0.4) is 0 Å². The number of nitrogen functional groups attached to an aromatic ring is 1. The molecule has 0 saturated heterocycles. The van der Waals surface area contributed by atoms with E-state index in [1.165, 1.54) is 0 Å². The van der Waals surface area contributed by atoms with E-state index in [0.29, 0.717) is 25.2 Å². The molecule has 0 aliphatic rings. The van der Waals surface area contributed by atoms with E-state index in [9.17, 15) is 4.79 Å². The van der Waals surface area contributed by atoms with Crippen LogP contribution in [0, 0.1) is 0 Å². The van der Waals surface area contributed by atoms with Crippen molar-refractivity contribution in [2.24, 2.45) is 0 Å². The summed E-state index contributed by atoms with van der Waals surface area (Å²) in [6, 6.07) is 7.71. The highest BCUT2D eigenvalue weighted by atomic mass is 79.9. The first-order valence-corrected chi connectivity index (χ1v) is 5.90. The van der Waals surface area contributed by atoms with Gasteiger partial charge in [0, 0.05) is 16.3 Å². The molecule has 0 saturated carbocycles. The molecule has 0 aliphatic heterocycles. The van der Waals surface area contributed by atoms with Gasteiger partial charge in [0.15, 0.2) is 0 Å². The number of benzene rings is 1. The Bertz CT molecular complexity index is 557. The standard InChI is InChI=1S/C12H11BrN2O2/c13-9-2-1-8-5-10(14)11(3-4-17-7-16)15-12(8)6-9/h1-2,5-7H,3-4,14H2. The zero-order chi connectivity index (χ0) is 12.3. The maximum Gasteiger partial charge on any atom is 0.293 e. The third kappa shape index (κ3) is 2.74. The molecule has 0 fully saturated rings. The molecule has 88 valence electrons. The highest BCUT2D eigenvalue weighted by Crippen LogP contribution is 2.22. The number of aromatic nitrogens is 1. The number of rotatable bonds is 4. The van der Waals surface area contributed by atoms with E-state index in [1.54, 1.807) is 0 Å². The maximum atomic E-state index is 10.1. The summed E-state index contributed by atoms with van der Waals surface area (Å²) in [6.45, 7) is 0.716. The molecule has 0 atom stereocenters. The quantitative estimate of drug-likeness (QED) is 0.694. The van der Waals surface area contributed by atoms with Crippen molar-refractivity contribution in [1.29, 1.82) is 0 Å². The molecule has 0 radical (unpaired) electrons. The van der Waals surface area contributed by atoms with Crippen LogP contribution in [-0.2, 0) is 16.0 Å². The van der Waals surface area contributed by atoms with Crippen molar-refractivity contribution >= 4 is 39.0 Å². The second-order valence-corrected chi connectivity index (χ2v) is 4.49. The molecule has 0 amide bonds. The zero-order valence-electron chi connectivity index (χ0n) is 9.02. The summed E-state index contributed by atoms with van der Waals surface area (Å²) >= 11 is 3.40. The minimum Gasteiger partial charge on any atom is -0.467 e. The fourth-order valence-electron chi connectivity index (χ4n) is 1.60. The SMILES string of the molecule is Nc1cc2ccc(Br)cc2nc1CCOC=O. The minimum absolute atomic E-state index is 0.292. The molecule has 0 spiro atoms. The molecule has 17 heavy (non-hydrogen) atoms. The van der Waals surface area contributed by atoms with Gasteiger partial charge in [-0.05, 0) is 18.2 Å². The van der Waals surface area contributed by atoms with Crippen molar-refractivity contribution in [3.8, 4) is 0 Å². The third-order valence-electron chi connectivity index (χ3n) is 2.42. The van der Waals surface area contributed by atoms with Crippen molar-refractivity contribution in [1.82, 2.24) is 4.98 Å². The Kier molecular flexibility index (Phi) is 3.58. The van der Waals surface area contributed by atoms with E-state index < -0.39 is 0 Å². The summed E-state index contributed by atoms with van der Waals surface area (Å²) < 4.78 is 5.61. The lowest BCUT2D eigenvalue weighted by Crippen LogP contribution is -2.03. The Morgan fingerprint density at radius 1 is 1.41 bits per heavy atom. The number of hydrogen-bond acceptors (Lipinski definition) is 4. The third-order valence-corrected chi connectivity index (χ3v) is 2.91. The Morgan fingerprint density at radius 3 is 3.00 bits per heavy atom. The average molecular weight is 295 g/mol. The van der Waals surface area contributed by atoms with E-state index in [2.05, 4.69) is 25.7 Å². The Morgan fingerprint density at radius 2 is 2.24 bits per heavy atom. The van der Waals surface area contributed by atoms with Crippen LogP contribution in [0.4, 0.5) is 5.69 Å². The first kappa shape index (κ1) is 11.9. The number of hydrogen-bond donors (Lipinski definition) is 1. The van der Waals surface area contributed by atoms with Gasteiger partial charge >= 0.3 is 0 Å². The van der Waals surface area contributed by atoms with Crippen molar-refractivity contribution < 1.29 is 9.53 Å². The molecule has 5 heteroatoms. The molecule has 1 aromatic heterocycles. The molecule has 0 bridgehead atoms. The van der Waals surface area contributed by atoms with Crippen LogP contribution in [0.25, 0.3) is 10.9 Å². The number of anilines is 1. The van der Waals surface area contributed by atoms with Crippen LogP contribution in [-0.4, -0.2) is 18.1 Å². The lowest BCUT2D eigenvalue weighted by atomic mass is 10.1. The largest absolute Gasteiger partial charge is 0.467 e. The fraction of sp³-hybridized carbons (Fsp3) is 0.167. The molecule has 2 rings (SSSR count). The van der Waals surface area contributed by atoms with Gasteiger partial charge in [-0.1, -0.05) is 22.0 Å². The van der Waals surface area contributed by atoms with Gasteiger partial charge in [0.25, 0.3) is 6.47 Å².